The highest BCUT2D eigenvalue weighted by molar-refractivity contribution is 5.72. The van der Waals surface area contributed by atoms with Crippen molar-refractivity contribution in [2.24, 2.45) is 0 Å². The van der Waals surface area contributed by atoms with Gasteiger partial charge in [0.25, 0.3) is 5.89 Å². The zero-order chi connectivity index (χ0) is 18.5. The van der Waals surface area contributed by atoms with Crippen molar-refractivity contribution in [3.63, 3.8) is 0 Å². The van der Waals surface area contributed by atoms with Crippen molar-refractivity contribution >= 4 is 5.97 Å². The Bertz CT molecular complexity index is 875. The van der Waals surface area contributed by atoms with Crippen molar-refractivity contribution in [2.45, 2.75) is 19.4 Å². The van der Waals surface area contributed by atoms with E-state index < -0.39 is 12.1 Å². The fourth-order valence-electron chi connectivity index (χ4n) is 2.31. The number of ether oxygens (including phenoxy) is 2. The fraction of sp³-hybridized carbons (Fsp3) is 0.211. The molecule has 0 aliphatic carbocycles. The Kier molecular flexibility index (Phi) is 5.26. The molecule has 134 valence electrons. The third-order valence-corrected chi connectivity index (χ3v) is 3.70. The third-order valence-electron chi connectivity index (χ3n) is 3.70. The second kappa shape index (κ2) is 7.77. The van der Waals surface area contributed by atoms with E-state index in [4.69, 9.17) is 13.9 Å². The van der Waals surface area contributed by atoms with Crippen molar-refractivity contribution in [1.82, 2.24) is 10.2 Å². The summed E-state index contributed by atoms with van der Waals surface area (Å²) in [5.41, 5.74) is 1.39. The van der Waals surface area contributed by atoms with Gasteiger partial charge >= 0.3 is 5.97 Å². The van der Waals surface area contributed by atoms with Crippen molar-refractivity contribution in [3.8, 4) is 17.2 Å². The minimum Gasteiger partial charge on any atom is -0.497 e. The minimum absolute atomic E-state index is 0.0318. The topological polar surface area (TPSA) is 74.5 Å². The summed E-state index contributed by atoms with van der Waals surface area (Å²) in [6, 6.07) is 12.8. The SMILES string of the molecule is COc1ccc(-c2nnc([C@H](C)OC(=O)Cc3ccc(F)cc3)o2)cc1. The summed E-state index contributed by atoms with van der Waals surface area (Å²) in [6.45, 7) is 1.65. The summed E-state index contributed by atoms with van der Waals surface area (Å²) >= 11 is 0. The number of nitrogens with zero attached hydrogens (tertiary/aromatic N) is 2. The zero-order valence-corrected chi connectivity index (χ0v) is 14.3. The van der Waals surface area contributed by atoms with Gasteiger partial charge in [0.05, 0.1) is 13.5 Å². The lowest BCUT2D eigenvalue weighted by Crippen LogP contribution is -2.11. The summed E-state index contributed by atoms with van der Waals surface area (Å²) in [4.78, 5) is 12.0. The second-order valence-corrected chi connectivity index (χ2v) is 5.61. The van der Waals surface area contributed by atoms with E-state index in [1.54, 1.807) is 38.3 Å². The van der Waals surface area contributed by atoms with Crippen LogP contribution in [-0.4, -0.2) is 23.3 Å². The highest BCUT2D eigenvalue weighted by Gasteiger charge is 2.19. The maximum absolute atomic E-state index is 12.9. The van der Waals surface area contributed by atoms with Crippen LogP contribution in [0.25, 0.3) is 11.5 Å². The van der Waals surface area contributed by atoms with Crippen LogP contribution in [0.2, 0.25) is 0 Å². The highest BCUT2D eigenvalue weighted by atomic mass is 19.1. The van der Waals surface area contributed by atoms with Crippen LogP contribution in [0.4, 0.5) is 4.39 Å². The lowest BCUT2D eigenvalue weighted by Gasteiger charge is -2.09. The third kappa shape index (κ3) is 4.24. The number of aromatic nitrogens is 2. The van der Waals surface area contributed by atoms with Crippen LogP contribution in [0.15, 0.2) is 52.9 Å². The molecule has 3 aromatic rings. The summed E-state index contributed by atoms with van der Waals surface area (Å²) in [5.74, 6) is 0.421. The number of benzene rings is 2. The van der Waals surface area contributed by atoms with Gasteiger partial charge in [0.2, 0.25) is 5.89 Å². The molecule has 0 spiro atoms. The molecule has 7 heteroatoms. The largest absolute Gasteiger partial charge is 0.497 e. The Hall–Kier alpha value is -3.22. The van der Waals surface area contributed by atoms with Gasteiger partial charge in [-0.05, 0) is 48.9 Å². The van der Waals surface area contributed by atoms with Crippen LogP contribution >= 0.6 is 0 Å². The van der Waals surface area contributed by atoms with E-state index in [1.807, 2.05) is 0 Å². The van der Waals surface area contributed by atoms with Crippen LogP contribution in [0.3, 0.4) is 0 Å². The van der Waals surface area contributed by atoms with Gasteiger partial charge in [-0.25, -0.2) is 4.39 Å². The number of rotatable bonds is 6. The molecule has 1 heterocycles. The molecule has 1 aromatic heterocycles. The summed E-state index contributed by atoms with van der Waals surface area (Å²) in [5, 5.41) is 7.91. The van der Waals surface area contributed by atoms with E-state index >= 15 is 0 Å². The lowest BCUT2D eigenvalue weighted by atomic mass is 10.1. The first-order valence-electron chi connectivity index (χ1n) is 7.97. The van der Waals surface area contributed by atoms with Gasteiger partial charge in [-0.2, -0.15) is 0 Å². The maximum atomic E-state index is 12.9. The predicted octanol–water partition coefficient (Wildman–Crippen LogP) is 3.73. The minimum atomic E-state index is -0.692. The first-order chi connectivity index (χ1) is 12.5. The van der Waals surface area contributed by atoms with E-state index in [9.17, 15) is 9.18 Å². The van der Waals surface area contributed by atoms with E-state index in [2.05, 4.69) is 10.2 Å². The molecular formula is C19H17FN2O4. The molecule has 2 aromatic carbocycles. The number of hydrogen-bond donors (Lipinski definition) is 0. The first kappa shape index (κ1) is 17.6. The molecule has 1 atom stereocenters. The standard InChI is InChI=1S/C19H17FN2O4/c1-12(25-17(23)11-13-3-7-15(20)8-4-13)18-21-22-19(26-18)14-5-9-16(24-2)10-6-14/h3-10,12H,11H2,1-2H3/t12-/m0/s1. The highest BCUT2D eigenvalue weighted by Crippen LogP contribution is 2.24. The van der Waals surface area contributed by atoms with Gasteiger partial charge < -0.3 is 13.9 Å². The maximum Gasteiger partial charge on any atom is 0.311 e. The molecule has 0 fully saturated rings. The van der Waals surface area contributed by atoms with Crippen LogP contribution in [-0.2, 0) is 16.0 Å². The van der Waals surface area contributed by atoms with Crippen LogP contribution < -0.4 is 4.74 Å². The Labute approximate surface area is 149 Å². The molecule has 0 aliphatic heterocycles. The van der Waals surface area contributed by atoms with Gasteiger partial charge in [-0.1, -0.05) is 12.1 Å². The second-order valence-electron chi connectivity index (χ2n) is 5.61. The van der Waals surface area contributed by atoms with Gasteiger partial charge in [-0.15, -0.1) is 10.2 Å². The normalized spacial score (nSPS) is 11.8. The summed E-state index contributed by atoms with van der Waals surface area (Å²) in [7, 11) is 1.59. The molecule has 3 rings (SSSR count). The number of esters is 1. The Morgan fingerprint density at radius 1 is 1.12 bits per heavy atom. The van der Waals surface area contributed by atoms with Crippen molar-refractivity contribution in [1.29, 1.82) is 0 Å². The molecule has 6 nitrogen and oxygen atoms in total. The fourth-order valence-corrected chi connectivity index (χ4v) is 2.31. The number of halogens is 1. The molecule has 0 aliphatic rings. The first-order valence-corrected chi connectivity index (χ1v) is 7.97. The summed E-state index contributed by atoms with van der Waals surface area (Å²) < 4.78 is 28.9. The predicted molar refractivity (Wildman–Crippen MR) is 90.9 cm³/mol. The van der Waals surface area contributed by atoms with Crippen LogP contribution in [0.5, 0.6) is 5.75 Å². The molecule has 26 heavy (non-hydrogen) atoms. The van der Waals surface area contributed by atoms with E-state index in [-0.39, 0.29) is 18.1 Å². The Morgan fingerprint density at radius 3 is 2.46 bits per heavy atom. The van der Waals surface area contributed by atoms with Crippen LogP contribution in [0.1, 0.15) is 24.5 Å². The van der Waals surface area contributed by atoms with E-state index in [0.717, 1.165) is 11.3 Å². The number of hydrogen-bond acceptors (Lipinski definition) is 6. The van der Waals surface area contributed by atoms with Gasteiger partial charge in [0.1, 0.15) is 11.6 Å². The Morgan fingerprint density at radius 2 is 1.81 bits per heavy atom. The average Bonchev–Trinajstić information content (AvgIpc) is 3.14. The van der Waals surface area contributed by atoms with Gasteiger partial charge in [-0.3, -0.25) is 4.79 Å². The molecule has 0 radical (unpaired) electrons. The van der Waals surface area contributed by atoms with Crippen molar-refractivity contribution in [2.75, 3.05) is 7.11 Å². The molecule has 0 unspecified atom stereocenters. The zero-order valence-electron chi connectivity index (χ0n) is 14.3. The smallest absolute Gasteiger partial charge is 0.311 e. The molecule has 0 saturated carbocycles. The summed E-state index contributed by atoms with van der Waals surface area (Å²) in [6.07, 6.45) is -0.660. The van der Waals surface area contributed by atoms with Gasteiger partial charge in [0.15, 0.2) is 6.10 Å². The monoisotopic (exact) mass is 356 g/mol. The average molecular weight is 356 g/mol. The van der Waals surface area contributed by atoms with Crippen LogP contribution in [0, 0.1) is 5.82 Å². The van der Waals surface area contributed by atoms with E-state index in [1.165, 1.54) is 24.3 Å². The molecule has 0 saturated heterocycles. The van der Waals surface area contributed by atoms with Crippen molar-refractivity contribution in [3.05, 3.63) is 65.8 Å². The molecule has 0 amide bonds. The van der Waals surface area contributed by atoms with Crippen molar-refractivity contribution < 1.29 is 23.1 Å². The quantitative estimate of drug-likeness (QED) is 0.627. The lowest BCUT2D eigenvalue weighted by molar-refractivity contribution is -0.148. The number of carbonyl (C=O) groups excluding carboxylic acids is 1. The van der Waals surface area contributed by atoms with Gasteiger partial charge in [0, 0.05) is 5.56 Å². The number of methoxy groups -OCH3 is 1. The molecular weight excluding hydrogens is 339 g/mol. The molecule has 0 bridgehead atoms. The molecule has 0 N–H and O–H groups in total. The Balaban J connectivity index is 1.62. The van der Waals surface area contributed by atoms with E-state index in [0.29, 0.717) is 11.5 Å². The number of carbonyl (C=O) groups is 1.